The van der Waals surface area contributed by atoms with Crippen LogP contribution < -0.4 is 0 Å². The maximum atomic E-state index is 10.4. The molecule has 1 fully saturated rings. The fourth-order valence-corrected chi connectivity index (χ4v) is 0.850. The topological polar surface area (TPSA) is 34.1 Å². The van der Waals surface area contributed by atoms with Gasteiger partial charge in [-0.05, 0) is 12.8 Å². The molecule has 0 amide bonds. The van der Waals surface area contributed by atoms with E-state index >= 15 is 0 Å². The van der Waals surface area contributed by atoms with Gasteiger partial charge >= 0.3 is 59.1 Å². The van der Waals surface area contributed by atoms with E-state index in [4.69, 9.17) is 0 Å². The molecule has 0 bridgehead atoms. The number of hydrogen-bond acceptors (Lipinski definition) is 2. The van der Waals surface area contributed by atoms with Crippen molar-refractivity contribution >= 4 is 70.7 Å². The van der Waals surface area contributed by atoms with Gasteiger partial charge < -0.3 is 0 Å². The SMILES string of the molecule is O=C1CCCCC1=O.[NaH].[NaH]. The van der Waals surface area contributed by atoms with Crippen LogP contribution in [0.1, 0.15) is 25.7 Å². The van der Waals surface area contributed by atoms with Crippen molar-refractivity contribution in [3.8, 4) is 0 Å². The fourth-order valence-electron chi connectivity index (χ4n) is 0.850. The molecular weight excluding hydrogens is 150 g/mol. The van der Waals surface area contributed by atoms with E-state index in [-0.39, 0.29) is 70.7 Å². The van der Waals surface area contributed by atoms with Crippen LogP contribution in [0.2, 0.25) is 0 Å². The van der Waals surface area contributed by atoms with Crippen molar-refractivity contribution in [2.45, 2.75) is 25.7 Å². The summed E-state index contributed by atoms with van der Waals surface area (Å²) < 4.78 is 0. The molecule has 0 aromatic rings. The summed E-state index contributed by atoms with van der Waals surface area (Å²) in [6.07, 6.45) is 2.78. The Bertz CT molecular complexity index is 118. The molecule has 0 aliphatic heterocycles. The van der Waals surface area contributed by atoms with Gasteiger partial charge in [0.05, 0.1) is 0 Å². The zero-order chi connectivity index (χ0) is 5.98. The van der Waals surface area contributed by atoms with Crippen molar-refractivity contribution in [2.75, 3.05) is 0 Å². The van der Waals surface area contributed by atoms with E-state index in [1.54, 1.807) is 0 Å². The summed E-state index contributed by atoms with van der Waals surface area (Å²) >= 11 is 0. The van der Waals surface area contributed by atoms with Crippen LogP contribution in [0.15, 0.2) is 0 Å². The number of hydrogen-bond donors (Lipinski definition) is 0. The van der Waals surface area contributed by atoms with Crippen LogP contribution in [0.4, 0.5) is 0 Å². The standard InChI is InChI=1S/C6H8O2.2Na.2H/c7-5-3-1-2-4-6(5)8;;;;/h1-4H2;;;;. The molecule has 0 aromatic heterocycles. The Morgan fingerprint density at radius 2 is 1.10 bits per heavy atom. The molecule has 2 nitrogen and oxygen atoms in total. The second-order valence-electron chi connectivity index (χ2n) is 2.05. The molecule has 1 rings (SSSR count). The third-order valence-electron chi connectivity index (χ3n) is 1.37. The molecular formula is C6H10Na2O2. The van der Waals surface area contributed by atoms with Crippen LogP contribution in [-0.4, -0.2) is 70.7 Å². The predicted molar refractivity (Wildman–Crippen MR) is 42.8 cm³/mol. The normalized spacial score (nSPS) is 17.2. The van der Waals surface area contributed by atoms with Crippen LogP contribution in [0.5, 0.6) is 0 Å². The molecule has 48 valence electrons. The third-order valence-corrected chi connectivity index (χ3v) is 1.37. The van der Waals surface area contributed by atoms with E-state index in [0.29, 0.717) is 12.8 Å². The Kier molecular flexibility index (Phi) is 9.75. The molecule has 1 aliphatic rings. The zero-order valence-corrected chi connectivity index (χ0v) is 4.64. The number of ketones is 2. The summed E-state index contributed by atoms with van der Waals surface area (Å²) in [7, 11) is 0. The van der Waals surface area contributed by atoms with Gasteiger partial charge in [-0.2, -0.15) is 0 Å². The molecule has 0 unspecified atom stereocenters. The molecule has 0 radical (unpaired) electrons. The number of carbonyl (C=O) groups is 2. The van der Waals surface area contributed by atoms with Gasteiger partial charge in [0.25, 0.3) is 0 Å². The first kappa shape index (κ1) is 13.9. The molecule has 1 aliphatic carbocycles. The molecule has 0 spiro atoms. The Labute approximate surface area is 105 Å². The van der Waals surface area contributed by atoms with Crippen LogP contribution >= 0.6 is 0 Å². The summed E-state index contributed by atoms with van der Waals surface area (Å²) in [6, 6.07) is 0. The second-order valence-corrected chi connectivity index (χ2v) is 2.05. The fraction of sp³-hybridized carbons (Fsp3) is 0.667. The van der Waals surface area contributed by atoms with E-state index in [2.05, 4.69) is 0 Å². The molecule has 1 saturated carbocycles. The molecule has 0 atom stereocenters. The summed E-state index contributed by atoms with van der Waals surface area (Å²) in [4.78, 5) is 20.9. The molecule has 0 heterocycles. The molecule has 10 heavy (non-hydrogen) atoms. The first-order valence-electron chi connectivity index (χ1n) is 2.87. The van der Waals surface area contributed by atoms with E-state index < -0.39 is 0 Å². The average molecular weight is 160 g/mol. The predicted octanol–water partition coefficient (Wildman–Crippen LogP) is -0.598. The van der Waals surface area contributed by atoms with Gasteiger partial charge in [-0.25, -0.2) is 0 Å². The van der Waals surface area contributed by atoms with Crippen molar-refractivity contribution in [3.63, 3.8) is 0 Å². The van der Waals surface area contributed by atoms with Crippen molar-refractivity contribution in [1.29, 1.82) is 0 Å². The summed E-state index contributed by atoms with van der Waals surface area (Å²) in [5.41, 5.74) is 0. The number of Topliss-reactive ketones (excluding diaryl/α,β-unsaturated/α-hetero) is 2. The maximum absolute atomic E-state index is 10.4. The van der Waals surface area contributed by atoms with E-state index in [0.717, 1.165) is 12.8 Å². The minimum absolute atomic E-state index is 0. The Morgan fingerprint density at radius 1 is 0.800 bits per heavy atom. The molecule has 4 heteroatoms. The van der Waals surface area contributed by atoms with Crippen molar-refractivity contribution in [3.05, 3.63) is 0 Å². The van der Waals surface area contributed by atoms with Gasteiger partial charge in [0.1, 0.15) is 0 Å². The van der Waals surface area contributed by atoms with Crippen molar-refractivity contribution in [2.24, 2.45) is 0 Å². The second kappa shape index (κ2) is 7.01. The monoisotopic (exact) mass is 160 g/mol. The van der Waals surface area contributed by atoms with Gasteiger partial charge in [-0.15, -0.1) is 0 Å². The molecule has 0 N–H and O–H groups in total. The zero-order valence-electron chi connectivity index (χ0n) is 4.64. The van der Waals surface area contributed by atoms with Crippen LogP contribution in [0.25, 0.3) is 0 Å². The van der Waals surface area contributed by atoms with Gasteiger partial charge in [-0.3, -0.25) is 9.59 Å². The Hall–Kier alpha value is 1.34. The van der Waals surface area contributed by atoms with E-state index in [1.807, 2.05) is 0 Å². The van der Waals surface area contributed by atoms with Gasteiger partial charge in [-0.1, -0.05) is 0 Å². The number of rotatable bonds is 0. The number of carbonyl (C=O) groups excluding carboxylic acids is 2. The quantitative estimate of drug-likeness (QED) is 0.350. The average Bonchev–Trinajstić information content (AvgIpc) is 1.77. The van der Waals surface area contributed by atoms with E-state index in [1.165, 1.54) is 0 Å². The van der Waals surface area contributed by atoms with E-state index in [9.17, 15) is 9.59 Å². The van der Waals surface area contributed by atoms with Gasteiger partial charge in [0.2, 0.25) is 0 Å². The summed E-state index contributed by atoms with van der Waals surface area (Å²) in [5.74, 6) is -0.340. The summed E-state index contributed by atoms with van der Waals surface area (Å²) in [5, 5.41) is 0. The third kappa shape index (κ3) is 4.27. The van der Waals surface area contributed by atoms with Crippen LogP contribution in [0.3, 0.4) is 0 Å². The van der Waals surface area contributed by atoms with Crippen molar-refractivity contribution in [1.82, 2.24) is 0 Å². The van der Waals surface area contributed by atoms with Crippen LogP contribution in [0, 0.1) is 0 Å². The van der Waals surface area contributed by atoms with Crippen LogP contribution in [-0.2, 0) is 9.59 Å². The Morgan fingerprint density at radius 3 is 1.30 bits per heavy atom. The minimum atomic E-state index is -0.170. The first-order chi connectivity index (χ1) is 3.80. The molecule has 0 aromatic carbocycles. The van der Waals surface area contributed by atoms with Gasteiger partial charge in [0, 0.05) is 12.8 Å². The van der Waals surface area contributed by atoms with Gasteiger partial charge in [0.15, 0.2) is 11.6 Å². The molecule has 0 saturated heterocycles. The van der Waals surface area contributed by atoms with Crippen molar-refractivity contribution < 1.29 is 9.59 Å². The Balaban J connectivity index is 0. The first-order valence-corrected chi connectivity index (χ1v) is 2.87. The summed E-state index contributed by atoms with van der Waals surface area (Å²) in [6.45, 7) is 0.